The highest BCUT2D eigenvalue weighted by Gasteiger charge is 2.31. The van der Waals surface area contributed by atoms with E-state index in [0.717, 1.165) is 30.3 Å². The molecule has 98 valence electrons. The predicted octanol–water partition coefficient (Wildman–Crippen LogP) is 1.76. The van der Waals surface area contributed by atoms with Gasteiger partial charge in [0.25, 0.3) is 0 Å². The molecule has 1 fully saturated rings. The van der Waals surface area contributed by atoms with E-state index in [2.05, 4.69) is 29.5 Å². The molecule has 0 aromatic carbocycles. The van der Waals surface area contributed by atoms with Crippen molar-refractivity contribution in [3.63, 3.8) is 0 Å². The lowest BCUT2D eigenvalue weighted by Crippen LogP contribution is -2.40. The fraction of sp³-hybridized carbons (Fsp3) is 0.833. The van der Waals surface area contributed by atoms with Gasteiger partial charge in [-0.25, -0.2) is 4.99 Å². The lowest BCUT2D eigenvalue weighted by molar-refractivity contribution is -0.121. The lowest BCUT2D eigenvalue weighted by Gasteiger charge is -2.21. The largest absolute Gasteiger partial charge is 0.359 e. The van der Waals surface area contributed by atoms with Gasteiger partial charge in [0.2, 0.25) is 5.91 Å². The third-order valence-electron chi connectivity index (χ3n) is 2.96. The Balaban J connectivity index is 2.50. The Bertz CT molecular complexity index is 306. The van der Waals surface area contributed by atoms with Gasteiger partial charge in [0.05, 0.1) is 0 Å². The van der Waals surface area contributed by atoms with E-state index >= 15 is 0 Å². The summed E-state index contributed by atoms with van der Waals surface area (Å²) in [5.74, 6) is 1.03. The lowest BCUT2D eigenvalue weighted by atomic mass is 10.0. The average molecular weight is 257 g/mol. The average Bonchev–Trinajstić information content (AvgIpc) is 2.68. The highest BCUT2D eigenvalue weighted by molar-refractivity contribution is 8.14. The van der Waals surface area contributed by atoms with Gasteiger partial charge in [0.1, 0.15) is 6.04 Å². The van der Waals surface area contributed by atoms with Crippen LogP contribution < -0.4 is 10.6 Å². The van der Waals surface area contributed by atoms with Gasteiger partial charge in [-0.05, 0) is 26.7 Å². The molecule has 1 amide bonds. The van der Waals surface area contributed by atoms with Crippen molar-refractivity contribution in [3.05, 3.63) is 0 Å². The number of amidine groups is 1. The second kappa shape index (κ2) is 6.28. The minimum Gasteiger partial charge on any atom is -0.359 e. The highest BCUT2D eigenvalue weighted by Crippen LogP contribution is 2.25. The summed E-state index contributed by atoms with van der Waals surface area (Å²) in [6.07, 6.45) is 2.02. The van der Waals surface area contributed by atoms with Crippen molar-refractivity contribution in [1.82, 2.24) is 10.6 Å². The predicted molar refractivity (Wildman–Crippen MR) is 74.5 cm³/mol. The van der Waals surface area contributed by atoms with E-state index in [1.165, 1.54) is 0 Å². The van der Waals surface area contributed by atoms with Crippen LogP contribution in [0.4, 0.5) is 0 Å². The number of nitrogens with one attached hydrogen (secondary N) is 2. The summed E-state index contributed by atoms with van der Waals surface area (Å²) >= 11 is 1.70. The first-order valence-corrected chi connectivity index (χ1v) is 7.26. The molecule has 0 radical (unpaired) electrons. The van der Waals surface area contributed by atoms with Gasteiger partial charge in [-0.1, -0.05) is 25.6 Å². The molecule has 5 heteroatoms. The van der Waals surface area contributed by atoms with Crippen molar-refractivity contribution in [3.8, 4) is 0 Å². The Morgan fingerprint density at radius 3 is 2.88 bits per heavy atom. The van der Waals surface area contributed by atoms with Crippen LogP contribution in [0.3, 0.4) is 0 Å². The Kier molecular flexibility index (Phi) is 5.31. The van der Waals surface area contributed by atoms with Crippen molar-refractivity contribution in [1.29, 1.82) is 0 Å². The number of rotatable bonds is 5. The van der Waals surface area contributed by atoms with E-state index in [-0.39, 0.29) is 17.5 Å². The molecule has 0 aliphatic carbocycles. The molecule has 1 rings (SSSR count). The normalized spacial score (nSPS) is 27.9. The Hall–Kier alpha value is -0.710. The van der Waals surface area contributed by atoms with E-state index in [4.69, 9.17) is 0 Å². The van der Waals surface area contributed by atoms with Crippen LogP contribution in [0.25, 0.3) is 0 Å². The first-order chi connectivity index (χ1) is 8.00. The number of carbonyl (C=O) groups is 1. The zero-order valence-corrected chi connectivity index (χ0v) is 12.0. The summed E-state index contributed by atoms with van der Waals surface area (Å²) < 4.78 is 0. The Morgan fingerprint density at radius 2 is 2.35 bits per heavy atom. The van der Waals surface area contributed by atoms with E-state index in [1.54, 1.807) is 11.8 Å². The maximum Gasteiger partial charge on any atom is 0.244 e. The standard InChI is InChI=1S/C12H23N3OS/c1-5-7-13-10(16)9(3)14-11-15-12(4,6-2)8-17-11/h9H,5-8H2,1-4H3,(H,13,16)(H,14,15). The van der Waals surface area contributed by atoms with Crippen molar-refractivity contribution in [2.75, 3.05) is 12.3 Å². The molecule has 1 saturated heterocycles. The van der Waals surface area contributed by atoms with Crippen LogP contribution in [0.1, 0.15) is 40.5 Å². The van der Waals surface area contributed by atoms with Gasteiger partial charge in [0, 0.05) is 17.8 Å². The summed E-state index contributed by atoms with van der Waals surface area (Å²) in [6, 6.07) is -0.309. The fourth-order valence-electron chi connectivity index (χ4n) is 1.45. The monoisotopic (exact) mass is 257 g/mol. The number of hydrogen-bond donors (Lipinski definition) is 2. The molecule has 0 aromatic rings. The number of carbonyl (C=O) groups excluding carboxylic acids is 1. The molecule has 2 N–H and O–H groups in total. The molecule has 0 saturated carbocycles. The Morgan fingerprint density at radius 1 is 1.65 bits per heavy atom. The zero-order chi connectivity index (χ0) is 12.9. The topological polar surface area (TPSA) is 53.5 Å². The molecule has 0 bridgehead atoms. The smallest absolute Gasteiger partial charge is 0.244 e. The summed E-state index contributed by atoms with van der Waals surface area (Å²) in [7, 11) is 0. The second-order valence-corrected chi connectivity index (χ2v) is 5.69. The molecule has 0 aromatic heterocycles. The maximum absolute atomic E-state index is 11.7. The number of hydrogen-bond acceptors (Lipinski definition) is 3. The first-order valence-electron chi connectivity index (χ1n) is 6.27. The molecule has 1 heterocycles. The molecular formula is C12H23N3OS. The third kappa shape index (κ3) is 4.22. The SMILES string of the molecule is CCCNC(=O)C(C)N=C1NC(C)(CC)CS1. The van der Waals surface area contributed by atoms with Crippen LogP contribution in [0, 0.1) is 0 Å². The van der Waals surface area contributed by atoms with E-state index in [0.29, 0.717) is 0 Å². The fourth-order valence-corrected chi connectivity index (χ4v) is 2.73. The number of aliphatic imine (C=N–C) groups is 1. The van der Waals surface area contributed by atoms with Gasteiger partial charge in [-0.2, -0.15) is 0 Å². The van der Waals surface area contributed by atoms with Crippen LogP contribution in [-0.2, 0) is 4.79 Å². The molecule has 0 spiro atoms. The molecule has 17 heavy (non-hydrogen) atoms. The highest BCUT2D eigenvalue weighted by atomic mass is 32.2. The number of nitrogens with zero attached hydrogens (tertiary/aromatic N) is 1. The molecule has 1 aliphatic rings. The third-order valence-corrected chi connectivity index (χ3v) is 4.22. The number of amides is 1. The summed E-state index contributed by atoms with van der Waals surface area (Å²) in [5, 5.41) is 7.15. The van der Waals surface area contributed by atoms with Crippen LogP contribution in [0.15, 0.2) is 4.99 Å². The van der Waals surface area contributed by atoms with Crippen LogP contribution in [-0.4, -0.2) is 35.0 Å². The summed E-state index contributed by atoms with van der Waals surface area (Å²) in [5.41, 5.74) is 0.128. The Labute approximate surface area is 108 Å². The minimum absolute atomic E-state index is 0.00634. The van der Waals surface area contributed by atoms with Crippen molar-refractivity contribution in [2.24, 2.45) is 4.99 Å². The molecule has 1 aliphatic heterocycles. The molecule has 2 unspecified atom stereocenters. The summed E-state index contributed by atoms with van der Waals surface area (Å²) in [6.45, 7) is 8.94. The van der Waals surface area contributed by atoms with Gasteiger partial charge in [-0.15, -0.1) is 0 Å². The quantitative estimate of drug-likeness (QED) is 0.789. The molecular weight excluding hydrogens is 234 g/mol. The van der Waals surface area contributed by atoms with Gasteiger partial charge in [-0.3, -0.25) is 4.79 Å². The van der Waals surface area contributed by atoms with Crippen molar-refractivity contribution >= 4 is 22.8 Å². The van der Waals surface area contributed by atoms with Crippen molar-refractivity contribution < 1.29 is 4.79 Å². The number of thioether (sulfide) groups is 1. The van der Waals surface area contributed by atoms with E-state index in [1.807, 2.05) is 13.8 Å². The van der Waals surface area contributed by atoms with Crippen LogP contribution in [0.2, 0.25) is 0 Å². The zero-order valence-electron chi connectivity index (χ0n) is 11.2. The van der Waals surface area contributed by atoms with Crippen molar-refractivity contribution in [2.45, 2.75) is 52.1 Å². The van der Waals surface area contributed by atoms with Gasteiger partial charge in [0.15, 0.2) is 5.17 Å². The van der Waals surface area contributed by atoms with E-state index < -0.39 is 0 Å². The summed E-state index contributed by atoms with van der Waals surface area (Å²) in [4.78, 5) is 16.1. The second-order valence-electron chi connectivity index (χ2n) is 4.73. The molecule has 4 nitrogen and oxygen atoms in total. The van der Waals surface area contributed by atoms with Crippen LogP contribution in [0.5, 0.6) is 0 Å². The van der Waals surface area contributed by atoms with Gasteiger partial charge < -0.3 is 10.6 Å². The van der Waals surface area contributed by atoms with Gasteiger partial charge >= 0.3 is 0 Å². The first kappa shape index (κ1) is 14.4. The maximum atomic E-state index is 11.7. The molecule has 2 atom stereocenters. The minimum atomic E-state index is -0.309. The van der Waals surface area contributed by atoms with E-state index in [9.17, 15) is 4.79 Å². The van der Waals surface area contributed by atoms with Crippen LogP contribution >= 0.6 is 11.8 Å².